The number of esters is 1. The number of ketones is 1. The van der Waals surface area contributed by atoms with Crippen molar-refractivity contribution in [2.75, 3.05) is 13.7 Å². The average molecular weight is 281 g/mol. The number of carbonyl (C=O) groups excluding carboxylic acids is 2. The topological polar surface area (TPSA) is 55.4 Å². The first-order valence-corrected chi connectivity index (χ1v) is 6.68. The molecule has 0 saturated carbocycles. The summed E-state index contributed by atoms with van der Waals surface area (Å²) in [5.41, 5.74) is 0.379. The smallest absolute Gasteiger partial charge is 0.307 e. The van der Waals surface area contributed by atoms with Crippen LogP contribution in [0.3, 0.4) is 0 Å². The molecule has 1 unspecified atom stereocenters. The molecule has 4 nitrogen and oxygen atoms in total. The summed E-state index contributed by atoms with van der Waals surface area (Å²) in [5, 5.41) is 3.05. The Labute approximate surface area is 118 Å². The molecular weight excluding hydrogens is 261 g/mol. The molecule has 0 bridgehead atoms. The highest BCUT2D eigenvalue weighted by Gasteiger charge is 2.22. The lowest BCUT2D eigenvalue weighted by Gasteiger charge is -2.16. The van der Waals surface area contributed by atoms with E-state index in [0.29, 0.717) is 12.1 Å². The van der Waals surface area contributed by atoms with Gasteiger partial charge in [-0.15, -0.1) is 0 Å². The molecule has 1 aromatic carbocycles. The quantitative estimate of drug-likeness (QED) is 0.451. The van der Waals surface area contributed by atoms with Crippen molar-refractivity contribution in [3.8, 4) is 0 Å². The van der Waals surface area contributed by atoms with Gasteiger partial charge >= 0.3 is 5.97 Å². The van der Waals surface area contributed by atoms with E-state index < -0.39 is 17.8 Å². The van der Waals surface area contributed by atoms with E-state index in [9.17, 15) is 14.0 Å². The molecule has 1 aromatic rings. The number of rotatable bonds is 8. The van der Waals surface area contributed by atoms with Gasteiger partial charge in [0.1, 0.15) is 5.82 Å². The summed E-state index contributed by atoms with van der Waals surface area (Å²) < 4.78 is 17.5. The van der Waals surface area contributed by atoms with Crippen LogP contribution in [0.2, 0.25) is 0 Å². The monoisotopic (exact) mass is 281 g/mol. The highest BCUT2D eigenvalue weighted by Crippen LogP contribution is 2.09. The number of hydrogen-bond acceptors (Lipinski definition) is 4. The number of benzene rings is 1. The van der Waals surface area contributed by atoms with Gasteiger partial charge in [-0.05, 0) is 37.2 Å². The largest absolute Gasteiger partial charge is 0.469 e. The molecule has 0 aromatic heterocycles. The normalized spacial score (nSPS) is 11.9. The van der Waals surface area contributed by atoms with E-state index in [0.717, 1.165) is 12.8 Å². The van der Waals surface area contributed by atoms with Crippen LogP contribution in [-0.2, 0) is 9.53 Å². The number of halogens is 1. The minimum Gasteiger partial charge on any atom is -0.469 e. The zero-order valence-corrected chi connectivity index (χ0v) is 11.8. The highest BCUT2D eigenvalue weighted by molar-refractivity contribution is 6.01. The number of unbranched alkanes of at least 4 members (excludes halogenated alkanes) is 1. The lowest BCUT2D eigenvalue weighted by atomic mass is 10.0. The average Bonchev–Trinajstić information content (AvgIpc) is 2.46. The molecule has 1 rings (SSSR count). The summed E-state index contributed by atoms with van der Waals surface area (Å²) in [4.78, 5) is 23.7. The highest BCUT2D eigenvalue weighted by atomic mass is 19.1. The number of nitrogens with one attached hydrogen (secondary N) is 1. The Balaban J connectivity index is 2.76. The van der Waals surface area contributed by atoms with Gasteiger partial charge in [-0.2, -0.15) is 0 Å². The fraction of sp³-hybridized carbons (Fsp3) is 0.467. The molecule has 0 fully saturated rings. The van der Waals surface area contributed by atoms with Crippen molar-refractivity contribution < 1.29 is 18.7 Å². The second-order valence-electron chi connectivity index (χ2n) is 4.51. The molecule has 5 heteroatoms. The van der Waals surface area contributed by atoms with Crippen LogP contribution in [0.25, 0.3) is 0 Å². The van der Waals surface area contributed by atoms with Gasteiger partial charge in [0.15, 0.2) is 5.78 Å². The van der Waals surface area contributed by atoms with E-state index in [2.05, 4.69) is 10.1 Å². The zero-order valence-electron chi connectivity index (χ0n) is 11.8. The van der Waals surface area contributed by atoms with E-state index in [1.54, 1.807) is 0 Å². The van der Waals surface area contributed by atoms with Crippen molar-refractivity contribution in [1.82, 2.24) is 5.32 Å². The summed E-state index contributed by atoms with van der Waals surface area (Å²) in [5.74, 6) is -1.08. The predicted octanol–water partition coefficient (Wildman–Crippen LogP) is 2.33. The third-order valence-electron chi connectivity index (χ3n) is 2.96. The van der Waals surface area contributed by atoms with Crippen LogP contribution in [0.4, 0.5) is 4.39 Å². The van der Waals surface area contributed by atoms with Crippen LogP contribution < -0.4 is 5.32 Å². The van der Waals surface area contributed by atoms with Crippen molar-refractivity contribution in [2.24, 2.45) is 0 Å². The van der Waals surface area contributed by atoms with Crippen LogP contribution in [0.5, 0.6) is 0 Å². The standard InChI is InChI=1S/C15H20FNO3/c1-3-4-9-17-13(10-14(18)20-2)15(19)11-5-7-12(16)8-6-11/h5-8,13,17H,3-4,9-10H2,1-2H3. The van der Waals surface area contributed by atoms with E-state index in [-0.39, 0.29) is 12.2 Å². The Morgan fingerprint density at radius 1 is 1.30 bits per heavy atom. The maximum atomic E-state index is 12.9. The molecule has 0 saturated heterocycles. The molecular formula is C15H20FNO3. The van der Waals surface area contributed by atoms with Gasteiger partial charge < -0.3 is 10.1 Å². The first-order chi connectivity index (χ1) is 9.58. The summed E-state index contributed by atoms with van der Waals surface area (Å²) in [6, 6.07) is 4.66. The Hall–Kier alpha value is -1.75. The maximum Gasteiger partial charge on any atom is 0.307 e. The van der Waals surface area contributed by atoms with Crippen molar-refractivity contribution in [3.63, 3.8) is 0 Å². The minimum absolute atomic E-state index is 0.0313. The number of carbonyl (C=O) groups is 2. The molecule has 0 spiro atoms. The second kappa shape index (κ2) is 8.43. The summed E-state index contributed by atoms with van der Waals surface area (Å²) in [6.45, 7) is 2.68. The SMILES string of the molecule is CCCCNC(CC(=O)OC)C(=O)c1ccc(F)cc1. The van der Waals surface area contributed by atoms with Gasteiger partial charge in [0.05, 0.1) is 19.6 Å². The summed E-state index contributed by atoms with van der Waals surface area (Å²) in [6.07, 6.45) is 1.87. The van der Waals surface area contributed by atoms with Crippen LogP contribution in [0.1, 0.15) is 36.5 Å². The molecule has 1 N–H and O–H groups in total. The Kier molecular flexibility index (Phi) is 6.87. The molecule has 0 aliphatic heterocycles. The van der Waals surface area contributed by atoms with E-state index in [1.165, 1.54) is 31.4 Å². The van der Waals surface area contributed by atoms with Gasteiger partial charge in [-0.25, -0.2) is 4.39 Å². The first kappa shape index (κ1) is 16.3. The second-order valence-corrected chi connectivity index (χ2v) is 4.51. The van der Waals surface area contributed by atoms with Crippen LogP contribution >= 0.6 is 0 Å². The lowest BCUT2D eigenvalue weighted by molar-refractivity contribution is -0.140. The third-order valence-corrected chi connectivity index (χ3v) is 2.96. The third kappa shape index (κ3) is 5.09. The minimum atomic E-state index is -0.639. The Morgan fingerprint density at radius 3 is 2.50 bits per heavy atom. The molecule has 0 aliphatic rings. The fourth-order valence-corrected chi connectivity index (χ4v) is 1.78. The zero-order chi connectivity index (χ0) is 15.0. The Bertz CT molecular complexity index is 445. The number of Topliss-reactive ketones (excluding diaryl/α,β-unsaturated/α-hetero) is 1. The first-order valence-electron chi connectivity index (χ1n) is 6.68. The maximum absolute atomic E-state index is 12.9. The molecule has 0 amide bonds. The van der Waals surface area contributed by atoms with Crippen LogP contribution in [0.15, 0.2) is 24.3 Å². The Morgan fingerprint density at radius 2 is 1.95 bits per heavy atom. The van der Waals surface area contributed by atoms with E-state index in [1.807, 2.05) is 6.92 Å². The van der Waals surface area contributed by atoms with E-state index >= 15 is 0 Å². The molecule has 0 aliphatic carbocycles. The van der Waals surface area contributed by atoms with Crippen molar-refractivity contribution in [3.05, 3.63) is 35.6 Å². The lowest BCUT2D eigenvalue weighted by Crippen LogP contribution is -2.39. The molecule has 110 valence electrons. The van der Waals surface area contributed by atoms with Crippen molar-refractivity contribution in [1.29, 1.82) is 0 Å². The number of ether oxygens (including phenoxy) is 1. The van der Waals surface area contributed by atoms with E-state index in [4.69, 9.17) is 0 Å². The van der Waals surface area contributed by atoms with Gasteiger partial charge in [-0.1, -0.05) is 13.3 Å². The molecule has 20 heavy (non-hydrogen) atoms. The number of methoxy groups -OCH3 is 1. The van der Waals surface area contributed by atoms with Gasteiger partial charge in [0.2, 0.25) is 0 Å². The van der Waals surface area contributed by atoms with Gasteiger partial charge in [-0.3, -0.25) is 9.59 Å². The molecule has 1 atom stereocenters. The number of hydrogen-bond donors (Lipinski definition) is 1. The van der Waals surface area contributed by atoms with Crippen molar-refractivity contribution in [2.45, 2.75) is 32.2 Å². The van der Waals surface area contributed by atoms with Gasteiger partial charge in [0, 0.05) is 5.56 Å². The van der Waals surface area contributed by atoms with Crippen LogP contribution in [-0.4, -0.2) is 31.4 Å². The van der Waals surface area contributed by atoms with Crippen molar-refractivity contribution >= 4 is 11.8 Å². The predicted molar refractivity (Wildman–Crippen MR) is 74.1 cm³/mol. The summed E-state index contributed by atoms with van der Waals surface area (Å²) >= 11 is 0. The summed E-state index contributed by atoms with van der Waals surface area (Å²) in [7, 11) is 1.29. The molecule has 0 heterocycles. The molecule has 0 radical (unpaired) electrons. The van der Waals surface area contributed by atoms with Gasteiger partial charge in [0.25, 0.3) is 0 Å². The fourth-order valence-electron chi connectivity index (χ4n) is 1.78. The van der Waals surface area contributed by atoms with Crippen LogP contribution in [0, 0.1) is 5.82 Å².